The maximum absolute atomic E-state index is 12.3. The van der Waals surface area contributed by atoms with Gasteiger partial charge < -0.3 is 9.04 Å². The molecule has 0 aliphatic carbocycles. The molecule has 2 aromatic rings. The zero-order valence-corrected chi connectivity index (χ0v) is 17.7. The lowest BCUT2D eigenvalue weighted by molar-refractivity contribution is -0.274. The Hall–Kier alpha value is -2.13. The Balaban J connectivity index is 2.09. The van der Waals surface area contributed by atoms with E-state index in [2.05, 4.69) is 4.74 Å². The molecule has 0 aromatic heterocycles. The third kappa shape index (κ3) is 7.66. The Morgan fingerprint density at radius 2 is 1.62 bits per heavy atom. The van der Waals surface area contributed by atoms with Crippen molar-refractivity contribution < 1.29 is 27.5 Å². The lowest BCUT2D eigenvalue weighted by atomic mass is 10.1. The van der Waals surface area contributed by atoms with Gasteiger partial charge in [0, 0.05) is 29.1 Å². The third-order valence-corrected chi connectivity index (χ3v) is 5.71. The highest BCUT2D eigenvalue weighted by Gasteiger charge is 2.31. The number of thioether (sulfide) groups is 1. The van der Waals surface area contributed by atoms with Crippen LogP contribution in [-0.2, 0) is 4.79 Å². The number of hydrogen-bond acceptors (Lipinski definition) is 6. The van der Waals surface area contributed by atoms with Crippen LogP contribution >= 0.6 is 23.7 Å². The van der Waals surface area contributed by atoms with Crippen LogP contribution in [0.3, 0.4) is 0 Å². The summed E-state index contributed by atoms with van der Waals surface area (Å²) in [6.45, 7) is 5.38. The van der Waals surface area contributed by atoms with Gasteiger partial charge in [-0.05, 0) is 74.3 Å². The van der Waals surface area contributed by atoms with Crippen LogP contribution in [0, 0.1) is 0 Å². The number of carbonyl (C=O) groups is 2. The van der Waals surface area contributed by atoms with E-state index >= 15 is 0 Å². The normalized spacial score (nSPS) is 11.4. The fraction of sp³-hybridized carbons (Fsp3) is 0.300. The second kappa shape index (κ2) is 10.1. The molecule has 2 rings (SSSR count). The Morgan fingerprint density at radius 3 is 2.10 bits per heavy atom. The molecule has 4 nitrogen and oxygen atoms in total. The van der Waals surface area contributed by atoms with Crippen molar-refractivity contribution in [3.05, 3.63) is 54.1 Å². The largest absolute Gasteiger partial charge is 0.573 e. The molecular formula is C20H20F3NO3S2. The molecule has 0 fully saturated rings. The number of ketones is 1. The molecule has 29 heavy (non-hydrogen) atoms. The summed E-state index contributed by atoms with van der Waals surface area (Å²) in [4.78, 5) is 23.8. The number of benzene rings is 2. The van der Waals surface area contributed by atoms with Crippen molar-refractivity contribution in [2.45, 2.75) is 38.1 Å². The quantitative estimate of drug-likeness (QED) is 0.370. The Labute approximate surface area is 175 Å². The lowest BCUT2D eigenvalue weighted by Gasteiger charge is -2.27. The van der Waals surface area contributed by atoms with Crippen LogP contribution in [0.15, 0.2) is 53.4 Å². The number of rotatable bonds is 8. The average molecular weight is 444 g/mol. The highest BCUT2D eigenvalue weighted by Crippen LogP contribution is 2.33. The molecule has 0 aliphatic rings. The minimum Gasteiger partial charge on any atom is -0.406 e. The van der Waals surface area contributed by atoms with Crippen molar-refractivity contribution in [1.29, 1.82) is 0 Å². The van der Waals surface area contributed by atoms with Crippen molar-refractivity contribution in [1.82, 2.24) is 0 Å². The van der Waals surface area contributed by atoms with E-state index in [0.717, 1.165) is 22.3 Å². The molecule has 0 saturated carbocycles. The Kier molecular flexibility index (Phi) is 8.04. The van der Waals surface area contributed by atoms with Gasteiger partial charge in [0.25, 0.3) is 0 Å². The zero-order valence-electron chi connectivity index (χ0n) is 16.0. The van der Waals surface area contributed by atoms with Crippen LogP contribution in [-0.4, -0.2) is 29.1 Å². The van der Waals surface area contributed by atoms with Gasteiger partial charge in [0.05, 0.1) is 5.75 Å². The number of alkyl halides is 3. The van der Waals surface area contributed by atoms with Gasteiger partial charge in [-0.1, -0.05) is 11.8 Å². The smallest absolute Gasteiger partial charge is 0.406 e. The summed E-state index contributed by atoms with van der Waals surface area (Å²) in [5, 5.41) is -0.107. The minimum absolute atomic E-state index is 0.0842. The van der Waals surface area contributed by atoms with E-state index in [9.17, 15) is 22.8 Å². The van der Waals surface area contributed by atoms with Gasteiger partial charge >= 0.3 is 6.36 Å². The van der Waals surface area contributed by atoms with E-state index in [1.54, 1.807) is 36.4 Å². The number of anilines is 1. The summed E-state index contributed by atoms with van der Waals surface area (Å²) in [7, 11) is 0. The van der Waals surface area contributed by atoms with Crippen LogP contribution in [0.4, 0.5) is 18.9 Å². The number of carbonyl (C=O) groups excluding carboxylic acids is 2. The second-order valence-electron chi connectivity index (χ2n) is 6.28. The number of Topliss-reactive ketones (excluding diaryl/α,β-unsaturated/α-hetero) is 1. The summed E-state index contributed by atoms with van der Waals surface area (Å²) in [5.41, 5.74) is 1.36. The van der Waals surface area contributed by atoms with Gasteiger partial charge in [0.1, 0.15) is 5.75 Å². The van der Waals surface area contributed by atoms with E-state index in [1.807, 2.05) is 18.2 Å². The predicted octanol–water partition coefficient (Wildman–Crippen LogP) is 5.97. The van der Waals surface area contributed by atoms with Gasteiger partial charge in [0.2, 0.25) is 0 Å². The SMILES string of the molecule is CC(=O)SCC(=O)c1ccc(N(Sc2ccc(OC(F)(F)F)cc2)C(C)C)cc1. The van der Waals surface area contributed by atoms with Gasteiger partial charge in [-0.15, -0.1) is 13.2 Å². The maximum atomic E-state index is 12.3. The first-order valence-electron chi connectivity index (χ1n) is 8.65. The predicted molar refractivity (Wildman–Crippen MR) is 111 cm³/mol. The molecule has 0 unspecified atom stereocenters. The van der Waals surface area contributed by atoms with E-state index < -0.39 is 6.36 Å². The summed E-state index contributed by atoms with van der Waals surface area (Å²) in [6.07, 6.45) is -4.72. The Bertz CT molecular complexity index is 838. The van der Waals surface area contributed by atoms with Gasteiger partial charge in [-0.3, -0.25) is 9.59 Å². The van der Waals surface area contributed by atoms with E-state index in [0.29, 0.717) is 5.56 Å². The molecule has 0 aliphatic heterocycles. The first-order chi connectivity index (χ1) is 13.5. The standard InChI is InChI=1S/C20H20F3NO3S2/c1-13(2)24(29-18-10-8-17(9-11-18)27-20(21,22)23)16-6-4-15(5-7-16)19(26)12-28-14(3)25/h4-11,13H,12H2,1-3H3. The fourth-order valence-electron chi connectivity index (χ4n) is 2.32. The molecule has 0 radical (unpaired) electrons. The maximum Gasteiger partial charge on any atom is 0.573 e. The van der Waals surface area contributed by atoms with Crippen LogP contribution in [0.1, 0.15) is 31.1 Å². The third-order valence-electron chi connectivity index (χ3n) is 3.58. The summed E-state index contributed by atoms with van der Waals surface area (Å²) in [6, 6.07) is 12.7. The number of nitrogens with zero attached hydrogens (tertiary/aromatic N) is 1. The molecule has 0 N–H and O–H groups in total. The number of halogens is 3. The highest BCUT2D eigenvalue weighted by atomic mass is 32.2. The van der Waals surface area contributed by atoms with Crippen LogP contribution < -0.4 is 9.04 Å². The van der Waals surface area contributed by atoms with Crippen LogP contribution in [0.5, 0.6) is 5.75 Å². The molecule has 0 amide bonds. The molecular weight excluding hydrogens is 423 g/mol. The topological polar surface area (TPSA) is 46.6 Å². The van der Waals surface area contributed by atoms with E-state index in [1.165, 1.54) is 31.0 Å². The van der Waals surface area contributed by atoms with E-state index in [4.69, 9.17) is 0 Å². The van der Waals surface area contributed by atoms with Gasteiger partial charge in [0.15, 0.2) is 10.9 Å². The molecule has 156 valence electrons. The highest BCUT2D eigenvalue weighted by molar-refractivity contribution is 8.14. The fourth-order valence-corrected chi connectivity index (χ4v) is 3.74. The molecule has 0 bridgehead atoms. The second-order valence-corrected chi connectivity index (χ2v) is 8.48. The van der Waals surface area contributed by atoms with Crippen LogP contribution in [0.25, 0.3) is 0 Å². The average Bonchev–Trinajstić information content (AvgIpc) is 2.64. The lowest BCUT2D eigenvalue weighted by Crippen LogP contribution is -2.23. The molecule has 0 spiro atoms. The van der Waals surface area contributed by atoms with Crippen molar-refractivity contribution in [3.8, 4) is 5.75 Å². The first-order valence-corrected chi connectivity index (χ1v) is 10.4. The summed E-state index contributed by atoms with van der Waals surface area (Å²) in [5.74, 6) is -0.297. The molecule has 2 aromatic carbocycles. The first kappa shape index (κ1) is 23.2. The number of hydrogen-bond donors (Lipinski definition) is 0. The molecule has 0 saturated heterocycles. The monoisotopic (exact) mass is 443 g/mol. The van der Waals surface area contributed by atoms with Gasteiger partial charge in [-0.25, -0.2) is 0 Å². The minimum atomic E-state index is -4.72. The molecule has 9 heteroatoms. The van der Waals surface area contributed by atoms with E-state index in [-0.39, 0.29) is 28.4 Å². The van der Waals surface area contributed by atoms with Crippen molar-refractivity contribution in [2.24, 2.45) is 0 Å². The zero-order chi connectivity index (χ0) is 21.6. The summed E-state index contributed by atoms with van der Waals surface area (Å²) >= 11 is 2.34. The molecule has 0 heterocycles. The number of ether oxygens (including phenoxy) is 1. The van der Waals surface area contributed by atoms with Crippen LogP contribution in [0.2, 0.25) is 0 Å². The van der Waals surface area contributed by atoms with Gasteiger partial charge in [-0.2, -0.15) is 0 Å². The van der Waals surface area contributed by atoms with Crippen molar-refractivity contribution in [2.75, 3.05) is 10.1 Å². The molecule has 0 atom stereocenters. The van der Waals surface area contributed by atoms with Crippen molar-refractivity contribution >= 4 is 40.3 Å². The summed E-state index contributed by atoms with van der Waals surface area (Å²) < 4.78 is 42.7. The van der Waals surface area contributed by atoms with Crippen molar-refractivity contribution in [3.63, 3.8) is 0 Å². The Morgan fingerprint density at radius 1 is 1.03 bits per heavy atom.